The molecule has 0 aliphatic rings. The third-order valence-electron chi connectivity index (χ3n) is 4.36. The van der Waals surface area contributed by atoms with Gasteiger partial charge < -0.3 is 11.1 Å². The average molecular weight is 378 g/mol. The number of hydrogen-bond acceptors (Lipinski definition) is 3. The second-order valence-electron chi connectivity index (χ2n) is 6.39. The van der Waals surface area contributed by atoms with Crippen LogP contribution in [0.25, 0.3) is 10.9 Å². The van der Waals surface area contributed by atoms with Crippen molar-refractivity contribution in [3.8, 4) is 0 Å². The number of nitrogens with zero attached hydrogens (tertiary/aromatic N) is 2. The number of fused-ring (bicyclic) bond motifs is 1. The Morgan fingerprint density at radius 3 is 2.57 bits per heavy atom. The number of nitrogens with one attached hydrogen (secondary N) is 1. The van der Waals surface area contributed by atoms with Crippen LogP contribution in [0.1, 0.15) is 15.9 Å². The van der Waals surface area contributed by atoms with Crippen LogP contribution in [0.5, 0.6) is 0 Å². The Morgan fingerprint density at radius 1 is 1.07 bits per heavy atom. The second-order valence-corrected chi connectivity index (χ2v) is 6.39. The van der Waals surface area contributed by atoms with E-state index in [4.69, 9.17) is 5.73 Å². The summed E-state index contributed by atoms with van der Waals surface area (Å²) in [4.78, 5) is 12.4. The first-order valence-electron chi connectivity index (χ1n) is 8.56. The van der Waals surface area contributed by atoms with E-state index in [2.05, 4.69) is 10.4 Å². The maximum atomic E-state index is 13.8. The van der Waals surface area contributed by atoms with E-state index in [-0.39, 0.29) is 16.8 Å². The minimum atomic E-state index is -0.662. The molecule has 0 aliphatic carbocycles. The largest absolute Gasteiger partial charge is 0.397 e. The Balaban J connectivity index is 1.50. The third kappa shape index (κ3) is 3.55. The molecule has 0 fully saturated rings. The van der Waals surface area contributed by atoms with Gasteiger partial charge >= 0.3 is 0 Å². The fourth-order valence-corrected chi connectivity index (χ4v) is 2.93. The summed E-state index contributed by atoms with van der Waals surface area (Å²) in [5, 5.41) is 7.22. The average Bonchev–Trinajstić information content (AvgIpc) is 3.07. The van der Waals surface area contributed by atoms with Gasteiger partial charge in [0.25, 0.3) is 5.91 Å². The van der Waals surface area contributed by atoms with Crippen molar-refractivity contribution in [3.05, 3.63) is 89.6 Å². The molecule has 28 heavy (non-hydrogen) atoms. The predicted octanol–water partition coefficient (Wildman–Crippen LogP) is 4.20. The van der Waals surface area contributed by atoms with E-state index in [9.17, 15) is 13.6 Å². The highest BCUT2D eigenvalue weighted by atomic mass is 19.1. The monoisotopic (exact) mass is 378 g/mol. The highest BCUT2D eigenvalue weighted by Crippen LogP contribution is 2.20. The van der Waals surface area contributed by atoms with Gasteiger partial charge in [-0.05, 0) is 29.8 Å². The van der Waals surface area contributed by atoms with E-state index in [0.29, 0.717) is 23.5 Å². The SMILES string of the molecule is Nc1ccccc1NC(=O)c1ccc(Cn2cc3c(F)cc(F)cc3n2)cc1. The van der Waals surface area contributed by atoms with Gasteiger partial charge in [-0.15, -0.1) is 0 Å². The third-order valence-corrected chi connectivity index (χ3v) is 4.36. The van der Waals surface area contributed by atoms with Gasteiger partial charge in [0.1, 0.15) is 11.6 Å². The summed E-state index contributed by atoms with van der Waals surface area (Å²) in [6.07, 6.45) is 1.53. The number of amides is 1. The van der Waals surface area contributed by atoms with Crippen molar-refractivity contribution in [1.82, 2.24) is 9.78 Å². The lowest BCUT2D eigenvalue weighted by molar-refractivity contribution is 0.102. The summed E-state index contributed by atoms with van der Waals surface area (Å²) in [6.45, 7) is 0.364. The summed E-state index contributed by atoms with van der Waals surface area (Å²) in [6, 6.07) is 16.0. The van der Waals surface area contributed by atoms with Crippen LogP contribution < -0.4 is 11.1 Å². The lowest BCUT2D eigenvalue weighted by Crippen LogP contribution is -2.13. The molecule has 0 saturated heterocycles. The number of carbonyl (C=O) groups is 1. The molecule has 3 N–H and O–H groups in total. The lowest BCUT2D eigenvalue weighted by atomic mass is 10.1. The fraction of sp³-hybridized carbons (Fsp3) is 0.0476. The molecule has 140 valence electrons. The van der Waals surface area contributed by atoms with Gasteiger partial charge in [-0.25, -0.2) is 8.78 Å². The van der Waals surface area contributed by atoms with Crippen molar-refractivity contribution in [2.24, 2.45) is 0 Å². The molecule has 0 bridgehead atoms. The minimum absolute atomic E-state index is 0.258. The molecule has 4 rings (SSSR count). The van der Waals surface area contributed by atoms with Gasteiger partial charge in [0.15, 0.2) is 0 Å². The zero-order chi connectivity index (χ0) is 19.7. The van der Waals surface area contributed by atoms with Crippen molar-refractivity contribution in [3.63, 3.8) is 0 Å². The zero-order valence-electron chi connectivity index (χ0n) is 14.7. The normalized spacial score (nSPS) is 10.9. The first kappa shape index (κ1) is 17.7. The molecule has 7 heteroatoms. The smallest absolute Gasteiger partial charge is 0.255 e. The number of halogens is 2. The standard InChI is InChI=1S/C21H16F2N4O/c22-15-9-17(23)16-12-27(26-20(16)10-15)11-13-5-7-14(8-6-13)21(28)25-19-4-2-1-3-18(19)24/h1-10,12H,11,24H2,(H,25,28). The molecule has 1 amide bonds. The number of benzene rings is 3. The molecule has 1 heterocycles. The van der Waals surface area contributed by atoms with Crippen LogP contribution in [0, 0.1) is 11.6 Å². The van der Waals surface area contributed by atoms with Crippen molar-refractivity contribution in [1.29, 1.82) is 0 Å². The highest BCUT2D eigenvalue weighted by molar-refractivity contribution is 6.05. The summed E-state index contributed by atoms with van der Waals surface area (Å²) in [5.74, 6) is -1.58. The number of carbonyl (C=O) groups excluding carboxylic acids is 1. The molecule has 4 aromatic rings. The highest BCUT2D eigenvalue weighted by Gasteiger charge is 2.10. The zero-order valence-corrected chi connectivity index (χ0v) is 14.7. The number of nitrogen functional groups attached to an aromatic ring is 1. The fourth-order valence-electron chi connectivity index (χ4n) is 2.93. The number of nitrogens with two attached hydrogens (primary N) is 1. The Kier molecular flexibility index (Phi) is 4.49. The molecule has 0 unspecified atom stereocenters. The molecular weight excluding hydrogens is 362 g/mol. The van der Waals surface area contributed by atoms with E-state index in [1.807, 2.05) is 0 Å². The molecule has 1 aromatic heterocycles. The van der Waals surface area contributed by atoms with Crippen LogP contribution in [-0.4, -0.2) is 15.7 Å². The summed E-state index contributed by atoms with van der Waals surface area (Å²) >= 11 is 0. The first-order chi connectivity index (χ1) is 13.5. The maximum absolute atomic E-state index is 13.8. The molecule has 0 spiro atoms. The van der Waals surface area contributed by atoms with Gasteiger partial charge in [-0.2, -0.15) is 5.10 Å². The first-order valence-corrected chi connectivity index (χ1v) is 8.56. The lowest BCUT2D eigenvalue weighted by Gasteiger charge is -2.08. The Hall–Kier alpha value is -3.74. The van der Waals surface area contributed by atoms with E-state index in [0.717, 1.165) is 11.6 Å². The van der Waals surface area contributed by atoms with Crippen molar-refractivity contribution in [2.45, 2.75) is 6.54 Å². The number of rotatable bonds is 4. The number of para-hydroxylation sites is 2. The van der Waals surface area contributed by atoms with Gasteiger partial charge in [-0.1, -0.05) is 24.3 Å². The minimum Gasteiger partial charge on any atom is -0.397 e. The quantitative estimate of drug-likeness (QED) is 0.523. The maximum Gasteiger partial charge on any atom is 0.255 e. The summed E-state index contributed by atoms with van der Waals surface area (Å²) in [7, 11) is 0. The van der Waals surface area contributed by atoms with Crippen LogP contribution in [0.15, 0.2) is 66.9 Å². The van der Waals surface area contributed by atoms with Crippen molar-refractivity contribution < 1.29 is 13.6 Å². The number of aromatic nitrogens is 2. The molecule has 0 radical (unpaired) electrons. The van der Waals surface area contributed by atoms with Crippen LogP contribution in [0.4, 0.5) is 20.2 Å². The Labute approximate surface area is 159 Å². The number of hydrogen-bond donors (Lipinski definition) is 2. The molecule has 0 aliphatic heterocycles. The molecule has 0 atom stereocenters. The van der Waals surface area contributed by atoms with Crippen LogP contribution in [0.2, 0.25) is 0 Å². The van der Waals surface area contributed by atoms with Gasteiger partial charge in [0.2, 0.25) is 0 Å². The van der Waals surface area contributed by atoms with E-state index in [1.54, 1.807) is 48.5 Å². The summed E-state index contributed by atoms with van der Waals surface area (Å²) < 4.78 is 28.6. The van der Waals surface area contributed by atoms with Crippen LogP contribution >= 0.6 is 0 Å². The van der Waals surface area contributed by atoms with Crippen LogP contribution in [0.3, 0.4) is 0 Å². The second kappa shape index (κ2) is 7.11. The number of anilines is 2. The van der Waals surface area contributed by atoms with E-state index >= 15 is 0 Å². The Morgan fingerprint density at radius 2 is 1.82 bits per heavy atom. The Bertz CT molecular complexity index is 1170. The summed E-state index contributed by atoms with van der Waals surface area (Å²) in [5.41, 5.74) is 8.47. The van der Waals surface area contributed by atoms with Crippen LogP contribution in [-0.2, 0) is 6.54 Å². The van der Waals surface area contributed by atoms with Gasteiger partial charge in [0.05, 0.1) is 28.8 Å². The molecule has 3 aromatic carbocycles. The molecular formula is C21H16F2N4O. The van der Waals surface area contributed by atoms with Crippen molar-refractivity contribution in [2.75, 3.05) is 11.1 Å². The van der Waals surface area contributed by atoms with Gasteiger partial charge in [-0.3, -0.25) is 9.48 Å². The topological polar surface area (TPSA) is 72.9 Å². The molecule has 0 saturated carbocycles. The van der Waals surface area contributed by atoms with E-state index < -0.39 is 11.6 Å². The van der Waals surface area contributed by atoms with E-state index in [1.165, 1.54) is 16.9 Å². The van der Waals surface area contributed by atoms with Crippen molar-refractivity contribution >= 4 is 28.2 Å². The van der Waals surface area contributed by atoms with Gasteiger partial charge in [0, 0.05) is 23.9 Å². The molecule has 5 nitrogen and oxygen atoms in total. The predicted molar refractivity (Wildman–Crippen MR) is 104 cm³/mol.